The van der Waals surface area contributed by atoms with Crippen molar-refractivity contribution in [3.63, 3.8) is 0 Å². The Kier molecular flexibility index (Phi) is 5.03. The van der Waals surface area contributed by atoms with Crippen LogP contribution in [0.25, 0.3) is 0 Å². The van der Waals surface area contributed by atoms with E-state index in [1.165, 1.54) is 7.11 Å². The number of alkyl carbamates (subject to hydrolysis) is 1. The molecule has 5 heteroatoms. The van der Waals surface area contributed by atoms with Crippen molar-refractivity contribution in [3.8, 4) is 0 Å². The second kappa shape index (κ2) is 6.47. The third-order valence-corrected chi connectivity index (χ3v) is 5.40. The van der Waals surface area contributed by atoms with Crippen LogP contribution in [0.2, 0.25) is 0 Å². The monoisotopic (exact) mass is 310 g/mol. The van der Waals surface area contributed by atoms with Gasteiger partial charge in [-0.2, -0.15) is 0 Å². The van der Waals surface area contributed by atoms with Gasteiger partial charge in [-0.15, -0.1) is 0 Å². The highest BCUT2D eigenvalue weighted by molar-refractivity contribution is 5.86. The molecule has 1 N–H and O–H groups in total. The minimum atomic E-state index is -0.536. The molecule has 0 unspecified atom stereocenters. The fourth-order valence-corrected chi connectivity index (χ4v) is 4.40. The van der Waals surface area contributed by atoms with Crippen molar-refractivity contribution in [2.24, 2.45) is 23.7 Å². The number of piperidine rings is 1. The van der Waals surface area contributed by atoms with Crippen molar-refractivity contribution in [2.45, 2.75) is 65.6 Å². The van der Waals surface area contributed by atoms with Gasteiger partial charge in [0.2, 0.25) is 5.91 Å². The normalized spacial score (nSPS) is 31.7. The van der Waals surface area contributed by atoms with E-state index >= 15 is 0 Å². The van der Waals surface area contributed by atoms with Crippen molar-refractivity contribution >= 4 is 12.0 Å². The van der Waals surface area contributed by atoms with E-state index in [2.05, 4.69) is 35.7 Å². The average molecular weight is 310 g/mol. The highest BCUT2D eigenvalue weighted by Gasteiger charge is 2.53. The number of carbonyl (C=O) groups excluding carboxylic acids is 2. The number of rotatable bonds is 4. The molecule has 0 aromatic heterocycles. The van der Waals surface area contributed by atoms with E-state index in [0.717, 1.165) is 12.8 Å². The second-order valence-corrected chi connectivity index (χ2v) is 7.60. The number of nitrogens with one attached hydrogen (secondary N) is 1. The number of ether oxygens (including phenoxy) is 1. The third-order valence-electron chi connectivity index (χ3n) is 5.40. The fraction of sp³-hybridized carbons (Fsp3) is 0.882. The minimum absolute atomic E-state index is 0.0379. The molecule has 126 valence electrons. The molecule has 22 heavy (non-hydrogen) atoms. The number of hydrogen-bond acceptors (Lipinski definition) is 3. The Hall–Kier alpha value is -1.26. The van der Waals surface area contributed by atoms with Gasteiger partial charge in [0, 0.05) is 12.1 Å². The van der Waals surface area contributed by atoms with E-state index in [4.69, 9.17) is 0 Å². The van der Waals surface area contributed by atoms with Crippen LogP contribution in [-0.4, -0.2) is 42.1 Å². The van der Waals surface area contributed by atoms with Crippen LogP contribution in [0.5, 0.6) is 0 Å². The third kappa shape index (κ3) is 2.95. The summed E-state index contributed by atoms with van der Waals surface area (Å²) in [5, 5.41) is 2.72. The van der Waals surface area contributed by atoms with Crippen LogP contribution >= 0.6 is 0 Å². The second-order valence-electron chi connectivity index (χ2n) is 7.60. The molecule has 1 saturated carbocycles. The largest absolute Gasteiger partial charge is 0.453 e. The van der Waals surface area contributed by atoms with Crippen LogP contribution in [0.15, 0.2) is 0 Å². The molecular formula is C17H30N2O3. The molecule has 1 aliphatic carbocycles. The van der Waals surface area contributed by atoms with E-state index < -0.39 is 12.1 Å². The van der Waals surface area contributed by atoms with E-state index in [1.807, 2.05) is 13.8 Å². The van der Waals surface area contributed by atoms with Gasteiger partial charge in [0.25, 0.3) is 0 Å². The molecule has 5 atom stereocenters. The van der Waals surface area contributed by atoms with Gasteiger partial charge >= 0.3 is 6.09 Å². The summed E-state index contributed by atoms with van der Waals surface area (Å²) < 4.78 is 4.68. The Balaban J connectivity index is 2.20. The van der Waals surface area contributed by atoms with Crippen LogP contribution in [0.3, 0.4) is 0 Å². The Labute approximate surface area is 133 Å². The maximum absolute atomic E-state index is 13.1. The lowest BCUT2D eigenvalue weighted by Crippen LogP contribution is -2.57. The van der Waals surface area contributed by atoms with Crippen molar-refractivity contribution in [1.29, 1.82) is 0 Å². The van der Waals surface area contributed by atoms with Crippen molar-refractivity contribution < 1.29 is 14.3 Å². The summed E-state index contributed by atoms with van der Waals surface area (Å²) in [7, 11) is 1.33. The number of carbonyl (C=O) groups is 2. The lowest BCUT2D eigenvalue weighted by Gasteiger charge is -2.42. The molecule has 2 aliphatic rings. The predicted octanol–water partition coefficient (Wildman–Crippen LogP) is 2.65. The van der Waals surface area contributed by atoms with Gasteiger partial charge in [-0.1, -0.05) is 34.6 Å². The number of methoxy groups -OCH3 is 1. The quantitative estimate of drug-likeness (QED) is 0.868. The van der Waals surface area contributed by atoms with Crippen molar-refractivity contribution in [1.82, 2.24) is 10.2 Å². The lowest BCUT2D eigenvalue weighted by molar-refractivity contribution is -0.140. The SMILES string of the molecule is COC(=O)N[C@H](C(=O)N1[C@H]2C[C@@H]([C@H]1C(C)C)[C@@H](C)C2)C(C)C. The standard InChI is InChI=1S/C17H30N2O3/c1-9(2)14(18-17(21)22-6)16(20)19-12-7-11(5)13(8-12)15(19)10(3)4/h9-15H,7-8H2,1-6H3,(H,18,21)/t11-,12+,13+,14-,15+/m0/s1. The molecular weight excluding hydrogens is 280 g/mol. The van der Waals surface area contributed by atoms with Gasteiger partial charge in [0.05, 0.1) is 7.11 Å². The maximum atomic E-state index is 13.1. The molecule has 5 nitrogen and oxygen atoms in total. The number of hydrogen-bond donors (Lipinski definition) is 1. The first kappa shape index (κ1) is 17.1. The number of fused-ring (bicyclic) bond motifs is 2. The van der Waals surface area contributed by atoms with Crippen LogP contribution < -0.4 is 5.32 Å². The Bertz CT molecular complexity index is 436. The topological polar surface area (TPSA) is 58.6 Å². The number of amides is 2. The van der Waals surface area contributed by atoms with Crippen molar-refractivity contribution in [2.75, 3.05) is 7.11 Å². The first-order valence-electron chi connectivity index (χ1n) is 8.44. The van der Waals surface area contributed by atoms with E-state index in [-0.39, 0.29) is 11.8 Å². The zero-order chi connectivity index (χ0) is 16.6. The zero-order valence-corrected chi connectivity index (χ0v) is 14.6. The first-order chi connectivity index (χ1) is 10.3. The maximum Gasteiger partial charge on any atom is 0.407 e. The summed E-state index contributed by atoms with van der Waals surface area (Å²) in [5.41, 5.74) is 0. The predicted molar refractivity (Wildman–Crippen MR) is 85.3 cm³/mol. The molecule has 2 amide bonds. The van der Waals surface area contributed by atoms with Crippen LogP contribution in [0, 0.1) is 23.7 Å². The molecule has 0 radical (unpaired) electrons. The Morgan fingerprint density at radius 2 is 1.82 bits per heavy atom. The van der Waals surface area contributed by atoms with Gasteiger partial charge in [-0.25, -0.2) is 4.79 Å². The van der Waals surface area contributed by atoms with Crippen molar-refractivity contribution in [3.05, 3.63) is 0 Å². The molecule has 1 saturated heterocycles. The molecule has 0 spiro atoms. The van der Waals surface area contributed by atoms with Crippen LogP contribution in [0.4, 0.5) is 4.79 Å². The van der Waals surface area contributed by atoms with Crippen LogP contribution in [-0.2, 0) is 9.53 Å². The fourth-order valence-electron chi connectivity index (χ4n) is 4.40. The minimum Gasteiger partial charge on any atom is -0.453 e. The summed E-state index contributed by atoms with van der Waals surface area (Å²) in [6.07, 6.45) is 1.66. The smallest absolute Gasteiger partial charge is 0.407 e. The van der Waals surface area contributed by atoms with Gasteiger partial charge in [0.15, 0.2) is 0 Å². The summed E-state index contributed by atoms with van der Waals surface area (Å²) in [5.74, 6) is 1.81. The van der Waals surface area contributed by atoms with Gasteiger partial charge in [0.1, 0.15) is 6.04 Å². The number of likely N-dealkylation sites (tertiary alicyclic amines) is 1. The Morgan fingerprint density at radius 1 is 1.18 bits per heavy atom. The zero-order valence-electron chi connectivity index (χ0n) is 14.6. The van der Waals surface area contributed by atoms with Crippen LogP contribution in [0.1, 0.15) is 47.5 Å². The Morgan fingerprint density at radius 3 is 2.32 bits per heavy atom. The molecule has 1 aliphatic heterocycles. The lowest BCUT2D eigenvalue weighted by atomic mass is 9.82. The highest BCUT2D eigenvalue weighted by atomic mass is 16.5. The average Bonchev–Trinajstić information content (AvgIpc) is 2.99. The van der Waals surface area contributed by atoms with Gasteiger partial charge in [-0.3, -0.25) is 4.79 Å². The number of nitrogens with zero attached hydrogens (tertiary/aromatic N) is 1. The summed E-state index contributed by atoms with van der Waals surface area (Å²) in [4.78, 5) is 26.8. The summed E-state index contributed by atoms with van der Waals surface area (Å²) in [6, 6.07) is 0.117. The van der Waals surface area contributed by atoms with E-state index in [1.54, 1.807) is 0 Å². The molecule has 2 bridgehead atoms. The summed E-state index contributed by atoms with van der Waals surface area (Å²) in [6.45, 7) is 10.6. The molecule has 0 aromatic rings. The molecule has 2 rings (SSSR count). The molecule has 0 aromatic carbocycles. The molecule has 2 fully saturated rings. The first-order valence-corrected chi connectivity index (χ1v) is 8.44. The highest BCUT2D eigenvalue weighted by Crippen LogP contribution is 2.48. The van der Waals surface area contributed by atoms with E-state index in [0.29, 0.717) is 29.8 Å². The summed E-state index contributed by atoms with van der Waals surface area (Å²) >= 11 is 0. The molecule has 1 heterocycles. The van der Waals surface area contributed by atoms with Gasteiger partial charge < -0.3 is 15.0 Å². The van der Waals surface area contributed by atoms with Gasteiger partial charge in [-0.05, 0) is 36.5 Å². The van der Waals surface area contributed by atoms with E-state index in [9.17, 15) is 9.59 Å².